The smallest absolute Gasteiger partial charge is 0.123 e. The van der Waals surface area contributed by atoms with Gasteiger partial charge in [0.15, 0.2) is 0 Å². The lowest BCUT2D eigenvalue weighted by atomic mass is 10.1. The Morgan fingerprint density at radius 3 is 2.60 bits per heavy atom. The molecule has 148 valence electrons. The summed E-state index contributed by atoms with van der Waals surface area (Å²) in [4.78, 5) is 0. The van der Waals surface area contributed by atoms with E-state index in [0.29, 0.717) is 12.1 Å². The number of methoxy groups -OCH3 is 1. The van der Waals surface area contributed by atoms with Gasteiger partial charge in [-0.1, -0.05) is 48.5 Å². The predicted octanol–water partition coefficient (Wildman–Crippen LogP) is 4.69. The second kappa shape index (κ2) is 8.97. The summed E-state index contributed by atoms with van der Waals surface area (Å²) in [5, 5.41) is 14.6. The summed E-state index contributed by atoms with van der Waals surface area (Å²) in [6.45, 7) is 1.32. The van der Waals surface area contributed by atoms with Crippen molar-refractivity contribution >= 4 is 17.1 Å². The lowest BCUT2D eigenvalue weighted by molar-refractivity contribution is 0.408. The fraction of sp³-hybridized carbons (Fsp3) is 0.120. The third-order valence-corrected chi connectivity index (χ3v) is 5.01. The van der Waals surface area contributed by atoms with Crippen LogP contribution in [-0.2, 0) is 13.1 Å². The molecule has 4 aromatic rings. The molecule has 1 heterocycles. The SMILES string of the molecule is COc1ccccc1CN/N=C\c1cn(Cc2ccc(C#N)cc2)c2ccccc12. The molecular formula is C25H22N4O. The Bertz CT molecular complexity index is 1220. The molecule has 5 heteroatoms. The summed E-state index contributed by atoms with van der Waals surface area (Å²) >= 11 is 0. The number of ether oxygens (including phenoxy) is 1. The number of benzene rings is 3. The molecule has 4 rings (SSSR count). The van der Waals surface area contributed by atoms with Gasteiger partial charge in [0, 0.05) is 34.8 Å². The number of nitriles is 1. The highest BCUT2D eigenvalue weighted by atomic mass is 16.5. The van der Waals surface area contributed by atoms with E-state index in [-0.39, 0.29) is 0 Å². The van der Waals surface area contributed by atoms with Crippen LogP contribution < -0.4 is 10.2 Å². The van der Waals surface area contributed by atoms with Crippen LogP contribution in [0.4, 0.5) is 0 Å². The highest BCUT2D eigenvalue weighted by Crippen LogP contribution is 2.21. The highest BCUT2D eigenvalue weighted by molar-refractivity contribution is 5.99. The predicted molar refractivity (Wildman–Crippen MR) is 120 cm³/mol. The van der Waals surface area contributed by atoms with E-state index in [1.54, 1.807) is 7.11 Å². The van der Waals surface area contributed by atoms with Crippen LogP contribution in [0, 0.1) is 11.3 Å². The number of hydrogen-bond donors (Lipinski definition) is 1. The number of nitrogens with zero attached hydrogens (tertiary/aromatic N) is 3. The van der Waals surface area contributed by atoms with E-state index in [0.717, 1.165) is 39.9 Å². The Labute approximate surface area is 175 Å². The van der Waals surface area contributed by atoms with Crippen LogP contribution in [-0.4, -0.2) is 17.9 Å². The van der Waals surface area contributed by atoms with Gasteiger partial charge in [0.1, 0.15) is 5.75 Å². The van der Waals surface area contributed by atoms with Crippen LogP contribution in [0.25, 0.3) is 10.9 Å². The average Bonchev–Trinajstić information content (AvgIpc) is 3.15. The number of aromatic nitrogens is 1. The van der Waals surface area contributed by atoms with Crippen molar-refractivity contribution < 1.29 is 4.74 Å². The van der Waals surface area contributed by atoms with E-state index in [1.165, 1.54) is 0 Å². The van der Waals surface area contributed by atoms with E-state index < -0.39 is 0 Å². The molecule has 0 saturated heterocycles. The molecule has 0 aliphatic carbocycles. The van der Waals surface area contributed by atoms with Crippen LogP contribution in [0.5, 0.6) is 5.75 Å². The molecule has 1 N–H and O–H groups in total. The van der Waals surface area contributed by atoms with Crippen molar-refractivity contribution in [1.29, 1.82) is 5.26 Å². The Kier molecular flexibility index (Phi) is 5.77. The van der Waals surface area contributed by atoms with Gasteiger partial charge >= 0.3 is 0 Å². The molecule has 0 aliphatic heterocycles. The molecule has 0 saturated carbocycles. The summed E-state index contributed by atoms with van der Waals surface area (Å²) in [5.41, 5.74) is 8.18. The summed E-state index contributed by atoms with van der Waals surface area (Å²) in [6, 6.07) is 26.0. The van der Waals surface area contributed by atoms with Crippen LogP contribution in [0.2, 0.25) is 0 Å². The Morgan fingerprint density at radius 1 is 1.03 bits per heavy atom. The number of nitrogens with one attached hydrogen (secondary N) is 1. The zero-order valence-electron chi connectivity index (χ0n) is 16.7. The van der Waals surface area contributed by atoms with Crippen molar-refractivity contribution in [2.75, 3.05) is 7.11 Å². The molecule has 0 amide bonds. The fourth-order valence-corrected chi connectivity index (χ4v) is 3.49. The Balaban J connectivity index is 1.52. The third kappa shape index (κ3) is 4.18. The van der Waals surface area contributed by atoms with Crippen molar-refractivity contribution in [3.05, 3.63) is 101 Å². The number of fused-ring (bicyclic) bond motifs is 1. The number of para-hydroxylation sites is 2. The largest absolute Gasteiger partial charge is 0.496 e. The normalized spacial score (nSPS) is 10.9. The zero-order chi connectivity index (χ0) is 20.8. The maximum atomic E-state index is 8.99. The molecular weight excluding hydrogens is 372 g/mol. The van der Waals surface area contributed by atoms with Gasteiger partial charge in [-0.25, -0.2) is 0 Å². The molecule has 0 aliphatic rings. The van der Waals surface area contributed by atoms with Gasteiger partial charge in [-0.15, -0.1) is 0 Å². The number of hydrazone groups is 1. The topological polar surface area (TPSA) is 62.3 Å². The molecule has 0 unspecified atom stereocenters. The summed E-state index contributed by atoms with van der Waals surface area (Å²) in [7, 11) is 1.67. The molecule has 0 spiro atoms. The highest BCUT2D eigenvalue weighted by Gasteiger charge is 2.07. The van der Waals surface area contributed by atoms with E-state index in [1.807, 2.05) is 66.9 Å². The van der Waals surface area contributed by atoms with Crippen LogP contribution >= 0.6 is 0 Å². The van der Waals surface area contributed by atoms with E-state index in [2.05, 4.69) is 39.5 Å². The summed E-state index contributed by atoms with van der Waals surface area (Å²) in [5.74, 6) is 0.846. The quantitative estimate of drug-likeness (QED) is 0.365. The van der Waals surface area contributed by atoms with Crippen LogP contribution in [0.1, 0.15) is 22.3 Å². The van der Waals surface area contributed by atoms with E-state index in [4.69, 9.17) is 10.00 Å². The van der Waals surface area contributed by atoms with Crippen molar-refractivity contribution in [3.63, 3.8) is 0 Å². The minimum Gasteiger partial charge on any atom is -0.496 e. The van der Waals surface area contributed by atoms with Crippen LogP contribution in [0.3, 0.4) is 0 Å². The Morgan fingerprint density at radius 2 is 1.80 bits per heavy atom. The molecule has 0 radical (unpaired) electrons. The monoisotopic (exact) mass is 394 g/mol. The number of rotatable bonds is 7. The second-order valence-electron chi connectivity index (χ2n) is 6.94. The standard InChI is InChI=1S/C25H22N4O/c1-30-25-9-5-2-6-21(25)15-27-28-16-22-18-29(24-8-4-3-7-23(22)24)17-20-12-10-19(14-26)11-13-20/h2-13,16,18,27H,15,17H2,1H3/b28-16-. The third-order valence-electron chi connectivity index (χ3n) is 5.01. The fourth-order valence-electron chi connectivity index (χ4n) is 3.49. The van der Waals surface area contributed by atoms with Gasteiger partial charge in [0.25, 0.3) is 0 Å². The molecule has 5 nitrogen and oxygen atoms in total. The van der Waals surface area contributed by atoms with Gasteiger partial charge in [0.2, 0.25) is 0 Å². The molecule has 0 bridgehead atoms. The molecule has 0 atom stereocenters. The van der Waals surface area contributed by atoms with Crippen molar-refractivity contribution in [2.45, 2.75) is 13.1 Å². The average molecular weight is 394 g/mol. The van der Waals surface area contributed by atoms with Crippen LogP contribution in [0.15, 0.2) is 84.1 Å². The van der Waals surface area contributed by atoms with Crippen molar-refractivity contribution in [1.82, 2.24) is 9.99 Å². The Hall–Kier alpha value is -4.04. The summed E-state index contributed by atoms with van der Waals surface area (Å²) < 4.78 is 7.59. The van der Waals surface area contributed by atoms with Gasteiger partial charge in [-0.3, -0.25) is 0 Å². The first kappa shape index (κ1) is 19.3. The van der Waals surface area contributed by atoms with E-state index >= 15 is 0 Å². The molecule has 30 heavy (non-hydrogen) atoms. The first-order valence-corrected chi connectivity index (χ1v) is 9.73. The number of hydrogen-bond acceptors (Lipinski definition) is 4. The first-order chi connectivity index (χ1) is 14.8. The van der Waals surface area contributed by atoms with Crippen molar-refractivity contribution in [3.8, 4) is 11.8 Å². The molecule has 0 fully saturated rings. The lowest BCUT2D eigenvalue weighted by Crippen LogP contribution is -2.06. The maximum Gasteiger partial charge on any atom is 0.123 e. The van der Waals surface area contributed by atoms with Gasteiger partial charge in [-0.05, 0) is 29.8 Å². The second-order valence-corrected chi connectivity index (χ2v) is 6.94. The molecule has 1 aromatic heterocycles. The van der Waals surface area contributed by atoms with Gasteiger partial charge in [0.05, 0.1) is 31.5 Å². The van der Waals surface area contributed by atoms with Gasteiger partial charge < -0.3 is 14.7 Å². The van der Waals surface area contributed by atoms with Gasteiger partial charge in [-0.2, -0.15) is 10.4 Å². The van der Waals surface area contributed by atoms with E-state index in [9.17, 15) is 0 Å². The first-order valence-electron chi connectivity index (χ1n) is 9.73. The minimum atomic E-state index is 0.588. The van der Waals surface area contributed by atoms with Crippen molar-refractivity contribution in [2.24, 2.45) is 5.10 Å². The minimum absolute atomic E-state index is 0.588. The summed E-state index contributed by atoms with van der Waals surface area (Å²) in [6.07, 6.45) is 3.96. The lowest BCUT2D eigenvalue weighted by Gasteiger charge is -2.07. The molecule has 3 aromatic carbocycles. The maximum absolute atomic E-state index is 8.99. The zero-order valence-corrected chi connectivity index (χ0v) is 16.7.